The predicted molar refractivity (Wildman–Crippen MR) is 130 cm³/mol. The van der Waals surface area contributed by atoms with Crippen LogP contribution in [0, 0.1) is 30.6 Å². The van der Waals surface area contributed by atoms with E-state index in [-0.39, 0.29) is 47.1 Å². The van der Waals surface area contributed by atoms with Crippen LogP contribution in [-0.2, 0) is 14.4 Å². The lowest BCUT2D eigenvalue weighted by Crippen LogP contribution is -2.32. The highest BCUT2D eigenvalue weighted by Crippen LogP contribution is 2.53. The van der Waals surface area contributed by atoms with E-state index in [1.165, 1.54) is 28.0 Å². The van der Waals surface area contributed by atoms with Gasteiger partial charge in [0.25, 0.3) is 0 Å². The van der Waals surface area contributed by atoms with Gasteiger partial charge in [-0.3, -0.25) is 14.4 Å². The van der Waals surface area contributed by atoms with Crippen molar-refractivity contribution in [2.75, 3.05) is 16.0 Å². The van der Waals surface area contributed by atoms with E-state index in [9.17, 15) is 14.4 Å². The Balaban J connectivity index is 1.17. The van der Waals surface area contributed by atoms with Crippen molar-refractivity contribution in [3.63, 3.8) is 0 Å². The first-order chi connectivity index (χ1) is 16.0. The molecule has 166 valence electrons. The summed E-state index contributed by atoms with van der Waals surface area (Å²) in [4.78, 5) is 44.5. The first-order valence-electron chi connectivity index (χ1n) is 10.9. The average molecular weight is 476 g/mol. The fourth-order valence-corrected chi connectivity index (χ4v) is 7.20. The van der Waals surface area contributed by atoms with Gasteiger partial charge >= 0.3 is 0 Å². The second-order valence-electron chi connectivity index (χ2n) is 8.85. The molecule has 0 unspecified atom stereocenters. The Hall–Kier alpha value is -2.97. The van der Waals surface area contributed by atoms with E-state index >= 15 is 0 Å². The Morgan fingerprint density at radius 1 is 1.12 bits per heavy atom. The Kier molecular flexibility index (Phi) is 4.88. The normalized spacial score (nSPS) is 25.3. The van der Waals surface area contributed by atoms with Crippen molar-refractivity contribution in [2.45, 2.75) is 17.7 Å². The summed E-state index contributed by atoms with van der Waals surface area (Å²) < 4.78 is 1.67. The van der Waals surface area contributed by atoms with Gasteiger partial charge in [-0.25, -0.2) is 9.88 Å². The summed E-state index contributed by atoms with van der Waals surface area (Å²) in [5.74, 6) is -0.00615. The number of thioether (sulfide) groups is 1. The number of hydrogen-bond acceptors (Lipinski definition) is 6. The summed E-state index contributed by atoms with van der Waals surface area (Å²) in [7, 11) is 0. The molecule has 1 saturated carbocycles. The third-order valence-corrected chi connectivity index (χ3v) is 8.87. The summed E-state index contributed by atoms with van der Waals surface area (Å²) in [6.07, 6.45) is 5.13. The second kappa shape index (κ2) is 7.81. The zero-order valence-corrected chi connectivity index (χ0v) is 19.5. The van der Waals surface area contributed by atoms with Crippen LogP contribution in [0.1, 0.15) is 12.0 Å². The van der Waals surface area contributed by atoms with Crippen molar-refractivity contribution in [3.8, 4) is 0 Å². The van der Waals surface area contributed by atoms with E-state index in [0.29, 0.717) is 5.69 Å². The molecule has 1 saturated heterocycles. The number of nitrogens with zero attached hydrogens (tertiary/aromatic N) is 2. The van der Waals surface area contributed by atoms with Crippen LogP contribution in [0.4, 0.5) is 11.4 Å². The molecule has 8 heteroatoms. The number of benzene rings is 2. The number of imide groups is 1. The maximum atomic E-state index is 13.1. The van der Waals surface area contributed by atoms with Crippen LogP contribution >= 0.6 is 23.1 Å². The molecule has 2 heterocycles. The second-order valence-corrected chi connectivity index (χ2v) is 11.1. The van der Waals surface area contributed by atoms with Crippen molar-refractivity contribution >= 4 is 62.4 Å². The summed E-state index contributed by atoms with van der Waals surface area (Å²) in [5, 5.41) is 2.90. The quantitative estimate of drug-likeness (QED) is 0.330. The van der Waals surface area contributed by atoms with Crippen LogP contribution in [0.3, 0.4) is 0 Å². The minimum Gasteiger partial charge on any atom is -0.325 e. The number of thiazole rings is 1. The number of anilines is 2. The van der Waals surface area contributed by atoms with Gasteiger partial charge < -0.3 is 5.32 Å². The summed E-state index contributed by atoms with van der Waals surface area (Å²) in [6, 6.07) is 13.2. The SMILES string of the molecule is Cc1cccc(NC(=O)CSc2nc3ccc(N4C(=O)[C@@H]5[C@H](C4=O)[C@H]4C=C[C@H]5C4)cc3s2)c1. The highest BCUT2D eigenvalue weighted by Gasteiger charge is 2.59. The zero-order valence-electron chi connectivity index (χ0n) is 17.9. The summed E-state index contributed by atoms with van der Waals surface area (Å²) >= 11 is 2.85. The maximum absolute atomic E-state index is 13.1. The van der Waals surface area contributed by atoms with Gasteiger partial charge in [-0.15, -0.1) is 11.3 Å². The largest absolute Gasteiger partial charge is 0.325 e. The number of nitrogens with one attached hydrogen (secondary N) is 1. The lowest BCUT2D eigenvalue weighted by molar-refractivity contribution is -0.123. The van der Waals surface area contributed by atoms with Crippen molar-refractivity contribution in [1.29, 1.82) is 0 Å². The van der Waals surface area contributed by atoms with Gasteiger partial charge in [0.2, 0.25) is 17.7 Å². The van der Waals surface area contributed by atoms with E-state index in [1.807, 2.05) is 43.3 Å². The van der Waals surface area contributed by atoms with Gasteiger partial charge in [0.1, 0.15) is 0 Å². The van der Waals surface area contributed by atoms with Gasteiger partial charge in [-0.05, 0) is 61.1 Å². The molecule has 0 radical (unpaired) electrons. The fourth-order valence-electron chi connectivity index (χ4n) is 5.30. The van der Waals surface area contributed by atoms with E-state index in [4.69, 9.17) is 0 Å². The van der Waals surface area contributed by atoms with E-state index in [0.717, 1.165) is 32.2 Å². The van der Waals surface area contributed by atoms with Crippen molar-refractivity contribution < 1.29 is 14.4 Å². The third-order valence-electron chi connectivity index (χ3n) is 6.71. The average Bonchev–Trinajstić information content (AvgIpc) is 3.55. The number of fused-ring (bicyclic) bond motifs is 6. The maximum Gasteiger partial charge on any atom is 0.238 e. The number of amides is 3. The molecular weight excluding hydrogens is 454 g/mol. The van der Waals surface area contributed by atoms with Gasteiger partial charge in [-0.1, -0.05) is 36.0 Å². The van der Waals surface area contributed by atoms with Crippen molar-refractivity contribution in [3.05, 3.63) is 60.2 Å². The summed E-state index contributed by atoms with van der Waals surface area (Å²) in [6.45, 7) is 1.98. The molecule has 33 heavy (non-hydrogen) atoms. The molecule has 0 spiro atoms. The number of rotatable bonds is 5. The minimum atomic E-state index is -0.206. The Morgan fingerprint density at radius 3 is 2.61 bits per heavy atom. The monoisotopic (exact) mass is 475 g/mol. The standard InChI is InChI=1S/C25H21N3O3S2/c1-13-3-2-4-16(9-13)26-20(29)12-32-25-27-18-8-7-17(11-19(18)33-25)28-23(30)21-14-5-6-15(10-14)22(21)24(28)31/h2-9,11,14-15,21-22H,10,12H2,1H3,(H,26,29)/t14-,15-,21-,22+/m0/s1. The Morgan fingerprint density at radius 2 is 1.88 bits per heavy atom. The molecule has 2 aliphatic carbocycles. The van der Waals surface area contributed by atoms with Gasteiger partial charge in [0, 0.05) is 5.69 Å². The molecule has 3 aliphatic rings. The highest BCUT2D eigenvalue weighted by molar-refractivity contribution is 8.01. The molecule has 3 aromatic rings. The molecule has 6 nitrogen and oxygen atoms in total. The first-order valence-corrected chi connectivity index (χ1v) is 12.7. The summed E-state index contributed by atoms with van der Waals surface area (Å²) in [5.41, 5.74) is 3.28. The lowest BCUT2D eigenvalue weighted by atomic mass is 9.85. The van der Waals surface area contributed by atoms with Crippen LogP contribution in [0.2, 0.25) is 0 Å². The molecule has 2 bridgehead atoms. The first kappa shape index (κ1) is 20.6. The topological polar surface area (TPSA) is 79.4 Å². The smallest absolute Gasteiger partial charge is 0.238 e. The molecule has 1 aromatic heterocycles. The molecule has 3 amide bonds. The van der Waals surface area contributed by atoms with E-state index in [1.54, 1.807) is 6.07 Å². The number of carbonyl (C=O) groups excluding carboxylic acids is 3. The third kappa shape index (κ3) is 3.48. The highest BCUT2D eigenvalue weighted by atomic mass is 32.2. The van der Waals surface area contributed by atoms with Crippen molar-refractivity contribution in [2.24, 2.45) is 23.7 Å². The molecule has 1 aliphatic heterocycles. The lowest BCUT2D eigenvalue weighted by Gasteiger charge is -2.17. The fraction of sp³-hybridized carbons (Fsp3) is 0.280. The van der Waals surface area contributed by atoms with Crippen LogP contribution in [0.15, 0.2) is 59.0 Å². The zero-order chi connectivity index (χ0) is 22.7. The number of carbonyl (C=O) groups is 3. The molecule has 2 aromatic carbocycles. The number of aromatic nitrogens is 1. The molecular formula is C25H21N3O3S2. The van der Waals surface area contributed by atoms with E-state index in [2.05, 4.69) is 22.5 Å². The van der Waals surface area contributed by atoms with Crippen LogP contribution in [0.25, 0.3) is 10.2 Å². The molecule has 6 rings (SSSR count). The van der Waals surface area contributed by atoms with Gasteiger partial charge in [-0.2, -0.15) is 0 Å². The van der Waals surface area contributed by atoms with Crippen LogP contribution in [0.5, 0.6) is 0 Å². The van der Waals surface area contributed by atoms with Gasteiger partial charge in [0.15, 0.2) is 4.34 Å². The number of allylic oxidation sites excluding steroid dienone is 2. The predicted octanol–water partition coefficient (Wildman–Crippen LogP) is 4.65. The Bertz CT molecular complexity index is 1320. The Labute approximate surface area is 199 Å². The molecule has 4 atom stereocenters. The number of hydrogen-bond donors (Lipinski definition) is 1. The molecule has 1 N–H and O–H groups in total. The number of aryl methyl sites for hydroxylation is 1. The van der Waals surface area contributed by atoms with E-state index < -0.39 is 0 Å². The molecule has 2 fully saturated rings. The minimum absolute atomic E-state index is 0.0758. The van der Waals surface area contributed by atoms with Gasteiger partial charge in [0.05, 0.1) is 33.5 Å². The van der Waals surface area contributed by atoms with Crippen molar-refractivity contribution in [1.82, 2.24) is 4.98 Å². The van der Waals surface area contributed by atoms with Crippen LogP contribution in [-0.4, -0.2) is 28.5 Å². The van der Waals surface area contributed by atoms with Crippen LogP contribution < -0.4 is 10.2 Å².